The fraction of sp³-hybridized carbons (Fsp3) is 0.421. The van der Waals surface area contributed by atoms with Crippen LogP contribution in [0.25, 0.3) is 11.0 Å². The summed E-state index contributed by atoms with van der Waals surface area (Å²) in [5, 5.41) is 12.8. The van der Waals surface area contributed by atoms with Gasteiger partial charge in [0.15, 0.2) is 11.7 Å². The number of ether oxygens (including phenoxy) is 1. The summed E-state index contributed by atoms with van der Waals surface area (Å²) in [5.41, 5.74) is 0.729. The molecule has 6 nitrogen and oxygen atoms in total. The van der Waals surface area contributed by atoms with Crippen LogP contribution in [0.4, 0.5) is 0 Å². The second-order valence-corrected chi connectivity index (χ2v) is 6.28. The fourth-order valence-electron chi connectivity index (χ4n) is 3.25. The number of hydrogen-bond donors (Lipinski definition) is 1. The van der Waals surface area contributed by atoms with Gasteiger partial charge >= 0.3 is 0 Å². The lowest BCUT2D eigenvalue weighted by Crippen LogP contribution is -2.42. The first-order chi connectivity index (χ1) is 12.1. The molecule has 0 bridgehead atoms. The number of nitriles is 1. The minimum atomic E-state index is -1.38. The quantitative estimate of drug-likeness (QED) is 0.666. The van der Waals surface area contributed by atoms with Crippen molar-refractivity contribution < 1.29 is 18.7 Å². The van der Waals surface area contributed by atoms with E-state index in [1.807, 2.05) is 6.07 Å². The van der Waals surface area contributed by atoms with Crippen LogP contribution in [0.1, 0.15) is 42.5 Å². The first kappa shape index (κ1) is 17.0. The number of ketones is 1. The lowest BCUT2D eigenvalue weighted by molar-refractivity contribution is -0.123. The summed E-state index contributed by atoms with van der Waals surface area (Å²) >= 11 is 0. The second kappa shape index (κ2) is 7.39. The Morgan fingerprint density at radius 1 is 1.32 bits per heavy atom. The van der Waals surface area contributed by atoms with E-state index in [1.165, 1.54) is 13.4 Å². The van der Waals surface area contributed by atoms with Crippen LogP contribution in [0.15, 0.2) is 28.9 Å². The molecule has 0 unspecified atom stereocenters. The molecule has 1 aromatic heterocycles. The number of rotatable bonds is 5. The number of hydrogen-bond acceptors (Lipinski definition) is 5. The van der Waals surface area contributed by atoms with Crippen LogP contribution in [-0.2, 0) is 4.79 Å². The Hall–Kier alpha value is -2.81. The average Bonchev–Trinajstić information content (AvgIpc) is 3.06. The summed E-state index contributed by atoms with van der Waals surface area (Å²) in [6.45, 7) is 0. The van der Waals surface area contributed by atoms with Crippen LogP contribution in [-0.4, -0.2) is 24.8 Å². The molecule has 1 amide bonds. The molecule has 2 aromatic rings. The molecule has 1 fully saturated rings. The number of fused-ring (bicyclic) bond motifs is 1. The van der Waals surface area contributed by atoms with E-state index < -0.39 is 17.6 Å². The SMILES string of the molecule is COc1ccc2occ(C(=O)[C@@H](C#N)C(=O)NC3CCCCC3)c2c1. The van der Waals surface area contributed by atoms with Crippen LogP contribution in [0.2, 0.25) is 0 Å². The van der Waals surface area contributed by atoms with Gasteiger partial charge in [-0.25, -0.2) is 0 Å². The normalized spacial score (nSPS) is 16.2. The summed E-state index contributed by atoms with van der Waals surface area (Å²) in [7, 11) is 1.53. The molecule has 0 radical (unpaired) electrons. The predicted molar refractivity (Wildman–Crippen MR) is 91.2 cm³/mol. The highest BCUT2D eigenvalue weighted by Crippen LogP contribution is 2.28. The molecule has 1 aromatic carbocycles. The molecule has 6 heteroatoms. The number of methoxy groups -OCH3 is 1. The van der Waals surface area contributed by atoms with Gasteiger partial charge in [-0.3, -0.25) is 9.59 Å². The molecule has 1 aliphatic carbocycles. The van der Waals surface area contributed by atoms with Crippen molar-refractivity contribution in [1.82, 2.24) is 5.32 Å². The third-order valence-electron chi connectivity index (χ3n) is 4.65. The first-order valence-corrected chi connectivity index (χ1v) is 8.43. The fourth-order valence-corrected chi connectivity index (χ4v) is 3.25. The monoisotopic (exact) mass is 340 g/mol. The van der Waals surface area contributed by atoms with E-state index in [4.69, 9.17) is 9.15 Å². The van der Waals surface area contributed by atoms with E-state index in [0.29, 0.717) is 16.7 Å². The van der Waals surface area contributed by atoms with Gasteiger partial charge in [-0.2, -0.15) is 5.26 Å². The van der Waals surface area contributed by atoms with E-state index >= 15 is 0 Å². The van der Waals surface area contributed by atoms with E-state index in [-0.39, 0.29) is 11.6 Å². The van der Waals surface area contributed by atoms with Crippen molar-refractivity contribution in [3.63, 3.8) is 0 Å². The van der Waals surface area contributed by atoms with Crippen molar-refractivity contribution >= 4 is 22.7 Å². The van der Waals surface area contributed by atoms with Gasteiger partial charge < -0.3 is 14.5 Å². The molecule has 130 valence electrons. The zero-order chi connectivity index (χ0) is 17.8. The van der Waals surface area contributed by atoms with Crippen LogP contribution >= 0.6 is 0 Å². The Morgan fingerprint density at radius 3 is 2.76 bits per heavy atom. The van der Waals surface area contributed by atoms with Gasteiger partial charge in [-0.1, -0.05) is 19.3 Å². The number of nitrogens with one attached hydrogen (secondary N) is 1. The molecule has 25 heavy (non-hydrogen) atoms. The maximum absolute atomic E-state index is 12.7. The van der Waals surface area contributed by atoms with Crippen LogP contribution in [0, 0.1) is 17.2 Å². The van der Waals surface area contributed by atoms with Gasteiger partial charge in [-0.05, 0) is 31.0 Å². The van der Waals surface area contributed by atoms with E-state index in [9.17, 15) is 14.9 Å². The van der Waals surface area contributed by atoms with Gasteiger partial charge in [0, 0.05) is 11.4 Å². The number of amides is 1. The molecule has 0 spiro atoms. The molecule has 1 atom stereocenters. The van der Waals surface area contributed by atoms with E-state index in [1.54, 1.807) is 18.2 Å². The van der Waals surface area contributed by atoms with Crippen LogP contribution < -0.4 is 10.1 Å². The zero-order valence-electron chi connectivity index (χ0n) is 14.1. The number of nitrogens with zero attached hydrogens (tertiary/aromatic N) is 1. The number of Topliss-reactive ketones (excluding diaryl/α,β-unsaturated/α-hetero) is 1. The summed E-state index contributed by atoms with van der Waals surface area (Å²) < 4.78 is 10.5. The Bertz CT molecular complexity index is 828. The van der Waals surface area contributed by atoms with E-state index in [0.717, 1.165) is 32.1 Å². The van der Waals surface area contributed by atoms with Gasteiger partial charge in [0.25, 0.3) is 0 Å². The predicted octanol–water partition coefficient (Wildman–Crippen LogP) is 3.21. The topological polar surface area (TPSA) is 92.3 Å². The van der Waals surface area contributed by atoms with Crippen molar-refractivity contribution in [2.24, 2.45) is 5.92 Å². The summed E-state index contributed by atoms with van der Waals surface area (Å²) in [6.07, 6.45) is 6.36. The van der Waals surface area contributed by atoms with Crippen molar-refractivity contribution in [2.45, 2.75) is 38.1 Å². The third kappa shape index (κ3) is 3.50. The average molecular weight is 340 g/mol. The molecule has 3 rings (SSSR count). The molecular formula is C19H20N2O4. The maximum atomic E-state index is 12.7. The Morgan fingerprint density at radius 2 is 2.08 bits per heavy atom. The van der Waals surface area contributed by atoms with Crippen molar-refractivity contribution in [1.29, 1.82) is 5.26 Å². The van der Waals surface area contributed by atoms with Crippen molar-refractivity contribution in [3.05, 3.63) is 30.0 Å². The molecule has 0 saturated heterocycles. The van der Waals surface area contributed by atoms with Crippen molar-refractivity contribution in [2.75, 3.05) is 7.11 Å². The second-order valence-electron chi connectivity index (χ2n) is 6.28. The number of furan rings is 1. The molecule has 1 heterocycles. The highest BCUT2D eigenvalue weighted by molar-refractivity contribution is 6.17. The highest BCUT2D eigenvalue weighted by Gasteiger charge is 2.31. The summed E-state index contributed by atoms with van der Waals surface area (Å²) in [4.78, 5) is 25.2. The molecule has 1 N–H and O–H groups in total. The Balaban J connectivity index is 1.82. The van der Waals surface area contributed by atoms with Crippen LogP contribution in [0.5, 0.6) is 5.75 Å². The van der Waals surface area contributed by atoms with Gasteiger partial charge in [0.2, 0.25) is 5.91 Å². The minimum absolute atomic E-state index is 0.0473. The molecule has 1 aliphatic rings. The standard InChI is InChI=1S/C19H20N2O4/c1-24-13-7-8-17-14(9-13)16(11-25-17)18(22)15(10-20)19(23)21-12-5-3-2-4-6-12/h7-9,11-12,15H,2-6H2,1H3,(H,21,23)/t15-/m1/s1. The van der Waals surface area contributed by atoms with Gasteiger partial charge in [-0.15, -0.1) is 0 Å². The first-order valence-electron chi connectivity index (χ1n) is 8.43. The third-order valence-corrected chi connectivity index (χ3v) is 4.65. The summed E-state index contributed by atoms with van der Waals surface area (Å²) in [5.74, 6) is -1.89. The lowest BCUT2D eigenvalue weighted by atomic mass is 9.93. The number of benzene rings is 1. The molecular weight excluding hydrogens is 320 g/mol. The lowest BCUT2D eigenvalue weighted by Gasteiger charge is -2.23. The number of carbonyl (C=O) groups excluding carboxylic acids is 2. The maximum Gasteiger partial charge on any atom is 0.245 e. The Kier molecular flexibility index (Phi) is 5.03. The summed E-state index contributed by atoms with van der Waals surface area (Å²) in [6, 6.07) is 6.96. The van der Waals surface area contributed by atoms with Gasteiger partial charge in [0.05, 0.1) is 18.7 Å². The van der Waals surface area contributed by atoms with Crippen LogP contribution in [0.3, 0.4) is 0 Å². The van der Waals surface area contributed by atoms with Gasteiger partial charge in [0.1, 0.15) is 17.6 Å². The smallest absolute Gasteiger partial charge is 0.245 e. The number of carbonyl (C=O) groups is 2. The highest BCUT2D eigenvalue weighted by atomic mass is 16.5. The molecule has 1 saturated carbocycles. The zero-order valence-corrected chi connectivity index (χ0v) is 14.1. The molecule has 0 aliphatic heterocycles. The Labute approximate surface area is 145 Å². The largest absolute Gasteiger partial charge is 0.497 e. The minimum Gasteiger partial charge on any atom is -0.497 e. The van der Waals surface area contributed by atoms with E-state index in [2.05, 4.69) is 5.32 Å². The van der Waals surface area contributed by atoms with Crippen molar-refractivity contribution in [3.8, 4) is 11.8 Å².